The van der Waals surface area contributed by atoms with Crippen LogP contribution in [-0.2, 0) is 13.0 Å². The molecule has 1 aromatic carbocycles. The van der Waals surface area contributed by atoms with Gasteiger partial charge in [0.2, 0.25) is 0 Å². The summed E-state index contributed by atoms with van der Waals surface area (Å²) in [5.74, 6) is 0. The van der Waals surface area contributed by atoms with Gasteiger partial charge >= 0.3 is 0 Å². The van der Waals surface area contributed by atoms with E-state index in [9.17, 15) is 0 Å². The van der Waals surface area contributed by atoms with Crippen molar-refractivity contribution in [1.82, 2.24) is 5.32 Å². The Labute approximate surface area is 104 Å². The van der Waals surface area contributed by atoms with Gasteiger partial charge in [0, 0.05) is 24.8 Å². The van der Waals surface area contributed by atoms with Gasteiger partial charge in [-0.15, -0.1) is 0 Å². The Balaban J connectivity index is 1.69. The Morgan fingerprint density at radius 3 is 2.94 bits per heavy atom. The Morgan fingerprint density at radius 2 is 2.06 bits per heavy atom. The van der Waals surface area contributed by atoms with Crippen LogP contribution in [0.25, 0.3) is 0 Å². The molecule has 0 atom stereocenters. The number of rotatable bonds is 3. The Bertz CT molecular complexity index is 381. The van der Waals surface area contributed by atoms with Crippen LogP contribution in [0.1, 0.15) is 43.2 Å². The molecule has 1 heterocycles. The molecule has 2 nitrogen and oxygen atoms in total. The zero-order chi connectivity index (χ0) is 11.5. The van der Waals surface area contributed by atoms with E-state index < -0.39 is 0 Å². The molecule has 2 heteroatoms. The van der Waals surface area contributed by atoms with Gasteiger partial charge in [-0.1, -0.05) is 25.0 Å². The lowest BCUT2D eigenvalue weighted by Gasteiger charge is -2.22. The molecule has 1 aromatic rings. The van der Waals surface area contributed by atoms with Crippen molar-refractivity contribution in [2.24, 2.45) is 0 Å². The van der Waals surface area contributed by atoms with E-state index in [1.807, 2.05) is 0 Å². The fraction of sp³-hybridized carbons (Fsp3) is 0.600. The molecule has 1 saturated carbocycles. The molecule has 0 aromatic heterocycles. The van der Waals surface area contributed by atoms with Crippen LogP contribution in [0, 0.1) is 0 Å². The second-order valence-electron chi connectivity index (χ2n) is 5.34. The minimum atomic E-state index is 0.766. The summed E-state index contributed by atoms with van der Waals surface area (Å²) in [6.45, 7) is 2.18. The predicted molar refractivity (Wildman–Crippen MR) is 72.3 cm³/mol. The lowest BCUT2D eigenvalue weighted by molar-refractivity contribution is 0.522. The minimum Gasteiger partial charge on any atom is -0.385 e. The van der Waals surface area contributed by atoms with Crippen LogP contribution in [0.3, 0.4) is 0 Å². The predicted octanol–water partition coefficient (Wildman–Crippen LogP) is 3.08. The summed E-state index contributed by atoms with van der Waals surface area (Å²) in [6, 6.07) is 7.45. The molecule has 2 aliphatic rings. The Morgan fingerprint density at radius 1 is 1.18 bits per heavy atom. The second kappa shape index (κ2) is 5.09. The van der Waals surface area contributed by atoms with Crippen molar-refractivity contribution in [3.8, 4) is 0 Å². The van der Waals surface area contributed by atoms with Crippen LogP contribution in [0.2, 0.25) is 0 Å². The van der Waals surface area contributed by atoms with Crippen molar-refractivity contribution in [3.05, 3.63) is 29.3 Å². The fourth-order valence-electron chi connectivity index (χ4n) is 3.13. The third-order valence-corrected chi connectivity index (χ3v) is 4.13. The van der Waals surface area contributed by atoms with E-state index in [0.29, 0.717) is 0 Å². The summed E-state index contributed by atoms with van der Waals surface area (Å²) in [5.41, 5.74) is 4.41. The Hall–Kier alpha value is -1.02. The van der Waals surface area contributed by atoms with Crippen molar-refractivity contribution in [2.75, 3.05) is 11.9 Å². The third kappa shape index (κ3) is 2.47. The third-order valence-electron chi connectivity index (χ3n) is 4.13. The molecule has 92 valence electrons. The molecule has 1 aliphatic carbocycles. The normalized spacial score (nSPS) is 20.0. The van der Waals surface area contributed by atoms with Crippen LogP contribution in [-0.4, -0.2) is 12.6 Å². The maximum atomic E-state index is 3.72. The number of fused-ring (bicyclic) bond motifs is 1. The molecule has 0 saturated heterocycles. The molecule has 0 spiro atoms. The second-order valence-corrected chi connectivity index (χ2v) is 5.34. The molecule has 0 amide bonds. The van der Waals surface area contributed by atoms with Crippen LogP contribution < -0.4 is 10.6 Å². The first-order valence-electron chi connectivity index (χ1n) is 7.01. The summed E-state index contributed by atoms with van der Waals surface area (Å²) in [4.78, 5) is 0. The van der Waals surface area contributed by atoms with E-state index in [1.165, 1.54) is 49.8 Å². The summed E-state index contributed by atoms with van der Waals surface area (Å²) >= 11 is 0. The summed E-state index contributed by atoms with van der Waals surface area (Å²) in [6.07, 6.45) is 8.07. The van der Waals surface area contributed by atoms with Gasteiger partial charge in [0.15, 0.2) is 0 Å². The van der Waals surface area contributed by atoms with Crippen molar-refractivity contribution >= 4 is 5.69 Å². The molecular formula is C15H22N2. The highest BCUT2D eigenvalue weighted by atomic mass is 14.9. The van der Waals surface area contributed by atoms with Gasteiger partial charge in [-0.05, 0) is 42.9 Å². The van der Waals surface area contributed by atoms with Crippen molar-refractivity contribution < 1.29 is 0 Å². The standard InChI is InChI=1S/C15H22N2/c1-2-7-13(6-1)17-11-12-5-3-9-15-14(12)8-4-10-16-15/h3,5,9,13,16-17H,1-2,4,6-8,10-11H2. The number of benzene rings is 1. The van der Waals surface area contributed by atoms with Gasteiger partial charge < -0.3 is 10.6 Å². The van der Waals surface area contributed by atoms with Crippen molar-refractivity contribution in [1.29, 1.82) is 0 Å². The maximum Gasteiger partial charge on any atom is 0.0375 e. The average Bonchev–Trinajstić information content (AvgIpc) is 2.89. The molecule has 0 radical (unpaired) electrons. The monoisotopic (exact) mass is 230 g/mol. The number of hydrogen-bond donors (Lipinski definition) is 2. The van der Waals surface area contributed by atoms with E-state index in [2.05, 4.69) is 28.8 Å². The van der Waals surface area contributed by atoms with Gasteiger partial charge in [0.25, 0.3) is 0 Å². The quantitative estimate of drug-likeness (QED) is 0.834. The summed E-state index contributed by atoms with van der Waals surface area (Å²) in [5, 5.41) is 7.22. The molecule has 1 fully saturated rings. The topological polar surface area (TPSA) is 24.1 Å². The highest BCUT2D eigenvalue weighted by Gasteiger charge is 2.16. The van der Waals surface area contributed by atoms with Gasteiger partial charge in [0.05, 0.1) is 0 Å². The first-order valence-corrected chi connectivity index (χ1v) is 7.01. The largest absolute Gasteiger partial charge is 0.385 e. The van der Waals surface area contributed by atoms with Gasteiger partial charge in [0.1, 0.15) is 0 Å². The van der Waals surface area contributed by atoms with Crippen molar-refractivity contribution in [3.63, 3.8) is 0 Å². The zero-order valence-electron chi connectivity index (χ0n) is 10.5. The number of anilines is 1. The SMILES string of the molecule is c1cc(CNC2CCCC2)c2c(c1)NCCC2. The smallest absolute Gasteiger partial charge is 0.0375 e. The van der Waals surface area contributed by atoms with Gasteiger partial charge in [-0.3, -0.25) is 0 Å². The minimum absolute atomic E-state index is 0.766. The highest BCUT2D eigenvalue weighted by molar-refractivity contribution is 5.56. The van der Waals surface area contributed by atoms with E-state index >= 15 is 0 Å². The zero-order valence-corrected chi connectivity index (χ0v) is 10.5. The van der Waals surface area contributed by atoms with E-state index in [-0.39, 0.29) is 0 Å². The van der Waals surface area contributed by atoms with Crippen LogP contribution in [0.15, 0.2) is 18.2 Å². The summed E-state index contributed by atoms with van der Waals surface area (Å²) in [7, 11) is 0. The fourth-order valence-corrected chi connectivity index (χ4v) is 3.13. The van der Waals surface area contributed by atoms with Crippen LogP contribution in [0.4, 0.5) is 5.69 Å². The van der Waals surface area contributed by atoms with Crippen LogP contribution in [0.5, 0.6) is 0 Å². The van der Waals surface area contributed by atoms with Crippen LogP contribution >= 0.6 is 0 Å². The molecule has 17 heavy (non-hydrogen) atoms. The Kier molecular flexibility index (Phi) is 3.32. The molecule has 3 rings (SSSR count). The first kappa shape index (κ1) is 11.1. The first-order chi connectivity index (χ1) is 8.43. The highest BCUT2D eigenvalue weighted by Crippen LogP contribution is 2.26. The van der Waals surface area contributed by atoms with Crippen molar-refractivity contribution in [2.45, 2.75) is 51.1 Å². The lowest BCUT2D eigenvalue weighted by atomic mass is 9.97. The van der Waals surface area contributed by atoms with Gasteiger partial charge in [-0.25, -0.2) is 0 Å². The number of nitrogens with one attached hydrogen (secondary N) is 2. The maximum absolute atomic E-state index is 3.72. The molecular weight excluding hydrogens is 208 g/mol. The molecule has 2 N–H and O–H groups in total. The summed E-state index contributed by atoms with van der Waals surface area (Å²) < 4.78 is 0. The average molecular weight is 230 g/mol. The molecule has 1 aliphatic heterocycles. The molecule has 0 unspecified atom stereocenters. The van der Waals surface area contributed by atoms with E-state index in [0.717, 1.165) is 19.1 Å². The van der Waals surface area contributed by atoms with E-state index in [4.69, 9.17) is 0 Å². The molecule has 0 bridgehead atoms. The van der Waals surface area contributed by atoms with Gasteiger partial charge in [-0.2, -0.15) is 0 Å². The lowest BCUT2D eigenvalue weighted by Crippen LogP contribution is -2.26. The van der Waals surface area contributed by atoms with E-state index in [1.54, 1.807) is 5.56 Å². The number of hydrogen-bond acceptors (Lipinski definition) is 2.